The fourth-order valence-electron chi connectivity index (χ4n) is 2.86. The van der Waals surface area contributed by atoms with Gasteiger partial charge in [-0.15, -0.1) is 0 Å². The number of benzene rings is 1. The van der Waals surface area contributed by atoms with Crippen LogP contribution < -0.4 is 14.8 Å². The number of sulfone groups is 1. The molecule has 1 aromatic carbocycles. The van der Waals surface area contributed by atoms with Gasteiger partial charge in [-0.2, -0.15) is 0 Å². The van der Waals surface area contributed by atoms with Crippen LogP contribution >= 0.6 is 0 Å². The van der Waals surface area contributed by atoms with Crippen LogP contribution in [0.2, 0.25) is 0 Å². The van der Waals surface area contributed by atoms with E-state index in [9.17, 15) is 18.0 Å². The first-order chi connectivity index (χ1) is 11.8. The van der Waals surface area contributed by atoms with Crippen molar-refractivity contribution in [1.29, 1.82) is 0 Å². The van der Waals surface area contributed by atoms with Crippen LogP contribution in [0.1, 0.15) is 18.4 Å². The first-order valence-corrected chi connectivity index (χ1v) is 9.77. The average Bonchev–Trinajstić information content (AvgIpc) is 3.17. The molecule has 1 saturated heterocycles. The fourth-order valence-corrected chi connectivity index (χ4v) is 4.63. The summed E-state index contributed by atoms with van der Waals surface area (Å²) < 4.78 is 33.5. The lowest BCUT2D eigenvalue weighted by atomic mass is 10.2. The highest BCUT2D eigenvalue weighted by molar-refractivity contribution is 7.91. The summed E-state index contributed by atoms with van der Waals surface area (Å²) in [5.41, 5.74) is 0.834. The monoisotopic (exact) mass is 368 g/mol. The predicted octanol–water partition coefficient (Wildman–Crippen LogP) is 0.0671. The summed E-state index contributed by atoms with van der Waals surface area (Å²) in [6.45, 7) is 0.452. The van der Waals surface area contributed by atoms with Crippen LogP contribution in [0.25, 0.3) is 0 Å². The van der Waals surface area contributed by atoms with E-state index in [0.29, 0.717) is 17.9 Å². The van der Waals surface area contributed by atoms with E-state index < -0.39 is 15.7 Å². The number of amides is 2. The van der Waals surface area contributed by atoms with Crippen molar-refractivity contribution in [3.63, 3.8) is 0 Å². The molecule has 2 heterocycles. The van der Waals surface area contributed by atoms with Gasteiger partial charge in [-0.3, -0.25) is 9.59 Å². The number of fused-ring (bicyclic) bond motifs is 1. The number of hydrogen-bond donors (Lipinski definition) is 1. The van der Waals surface area contributed by atoms with Crippen LogP contribution in [0.5, 0.6) is 11.5 Å². The summed E-state index contributed by atoms with van der Waals surface area (Å²) in [7, 11) is -1.53. The summed E-state index contributed by atoms with van der Waals surface area (Å²) in [6.07, 6.45) is 0.112. The van der Waals surface area contributed by atoms with Gasteiger partial charge < -0.3 is 19.7 Å². The zero-order valence-electron chi connectivity index (χ0n) is 13.9. The minimum Gasteiger partial charge on any atom is -0.454 e. The van der Waals surface area contributed by atoms with E-state index in [1.54, 1.807) is 19.2 Å². The number of rotatable bonds is 5. The Bertz CT molecular complexity index is 792. The van der Waals surface area contributed by atoms with Gasteiger partial charge in [-0.1, -0.05) is 6.07 Å². The molecule has 25 heavy (non-hydrogen) atoms. The molecule has 0 bridgehead atoms. The van der Waals surface area contributed by atoms with Crippen molar-refractivity contribution in [2.24, 2.45) is 0 Å². The van der Waals surface area contributed by atoms with Crippen molar-refractivity contribution in [3.8, 4) is 11.5 Å². The molecule has 2 aliphatic rings. The molecule has 9 heteroatoms. The maximum atomic E-state index is 12.1. The third-order valence-electron chi connectivity index (χ3n) is 4.39. The van der Waals surface area contributed by atoms with E-state index in [4.69, 9.17) is 9.47 Å². The van der Waals surface area contributed by atoms with Crippen LogP contribution in [-0.2, 0) is 26.0 Å². The molecule has 1 fully saturated rings. The molecule has 136 valence electrons. The third kappa shape index (κ3) is 4.22. The van der Waals surface area contributed by atoms with E-state index >= 15 is 0 Å². The lowest BCUT2D eigenvalue weighted by molar-refractivity contribution is -0.136. The van der Waals surface area contributed by atoms with Crippen molar-refractivity contribution < 1.29 is 27.5 Å². The Labute approximate surface area is 146 Å². The van der Waals surface area contributed by atoms with Gasteiger partial charge in [0.05, 0.1) is 11.5 Å². The van der Waals surface area contributed by atoms with E-state index in [0.717, 1.165) is 5.56 Å². The Hall–Kier alpha value is -2.29. The Balaban J connectivity index is 1.48. The molecule has 2 amide bonds. The second-order valence-corrected chi connectivity index (χ2v) is 8.43. The maximum Gasteiger partial charge on any atom is 0.232 e. The zero-order valence-corrected chi connectivity index (χ0v) is 14.7. The summed E-state index contributed by atoms with van der Waals surface area (Å²) in [6, 6.07) is 5.01. The van der Waals surface area contributed by atoms with Gasteiger partial charge in [0.25, 0.3) is 0 Å². The highest BCUT2D eigenvalue weighted by atomic mass is 32.2. The summed E-state index contributed by atoms with van der Waals surface area (Å²) in [4.78, 5) is 25.5. The molecule has 2 aliphatic heterocycles. The summed E-state index contributed by atoms with van der Waals surface area (Å²) in [5.74, 6) is 0.559. The number of carbonyl (C=O) groups is 2. The van der Waals surface area contributed by atoms with E-state index in [2.05, 4.69) is 5.32 Å². The van der Waals surface area contributed by atoms with Crippen molar-refractivity contribution in [1.82, 2.24) is 10.2 Å². The predicted molar refractivity (Wildman–Crippen MR) is 88.9 cm³/mol. The van der Waals surface area contributed by atoms with Crippen molar-refractivity contribution >= 4 is 21.7 Å². The standard InChI is InChI=1S/C16H20N2O6S/c1-18(12-4-5-25(21,22)9-12)16(20)7-15(19)17-8-11-2-3-13-14(6-11)24-10-23-13/h2-3,6,12H,4-5,7-10H2,1H3,(H,17,19). The van der Waals surface area contributed by atoms with Gasteiger partial charge in [-0.25, -0.2) is 8.42 Å². The third-order valence-corrected chi connectivity index (χ3v) is 6.14. The lowest BCUT2D eigenvalue weighted by Crippen LogP contribution is -2.40. The van der Waals surface area contributed by atoms with Gasteiger partial charge in [-0.05, 0) is 24.1 Å². The number of hydrogen-bond acceptors (Lipinski definition) is 6. The highest BCUT2D eigenvalue weighted by Crippen LogP contribution is 2.32. The SMILES string of the molecule is CN(C(=O)CC(=O)NCc1ccc2c(c1)OCO2)C1CCS(=O)(=O)C1. The fraction of sp³-hybridized carbons (Fsp3) is 0.500. The Morgan fingerprint density at radius 1 is 1.28 bits per heavy atom. The van der Waals surface area contributed by atoms with Crippen LogP contribution in [0.4, 0.5) is 0 Å². The van der Waals surface area contributed by atoms with Gasteiger partial charge >= 0.3 is 0 Å². The quantitative estimate of drug-likeness (QED) is 0.738. The first kappa shape index (κ1) is 17.5. The Morgan fingerprint density at radius 3 is 2.76 bits per heavy atom. The molecule has 1 atom stereocenters. The summed E-state index contributed by atoms with van der Waals surface area (Å²) in [5, 5.41) is 2.68. The molecule has 0 spiro atoms. The molecule has 3 rings (SSSR count). The topological polar surface area (TPSA) is 102 Å². The minimum absolute atomic E-state index is 0.0337. The van der Waals surface area contributed by atoms with Gasteiger partial charge in [0.15, 0.2) is 21.3 Å². The number of nitrogens with zero attached hydrogens (tertiary/aromatic N) is 1. The van der Waals surface area contributed by atoms with Gasteiger partial charge in [0, 0.05) is 19.6 Å². The average molecular weight is 368 g/mol. The Kier molecular flexibility index (Phi) is 4.85. The molecule has 1 unspecified atom stereocenters. The van der Waals surface area contributed by atoms with Crippen molar-refractivity contribution in [2.75, 3.05) is 25.3 Å². The molecule has 0 radical (unpaired) electrons. The van der Waals surface area contributed by atoms with E-state index in [1.807, 2.05) is 6.07 Å². The molecule has 1 N–H and O–H groups in total. The first-order valence-electron chi connectivity index (χ1n) is 7.95. The van der Waals surface area contributed by atoms with Crippen LogP contribution in [-0.4, -0.2) is 56.5 Å². The van der Waals surface area contributed by atoms with Crippen molar-refractivity contribution in [3.05, 3.63) is 23.8 Å². The number of carbonyl (C=O) groups excluding carboxylic acids is 2. The smallest absolute Gasteiger partial charge is 0.232 e. The highest BCUT2D eigenvalue weighted by Gasteiger charge is 2.33. The van der Waals surface area contributed by atoms with Gasteiger partial charge in [0.2, 0.25) is 18.6 Å². The van der Waals surface area contributed by atoms with Gasteiger partial charge in [0.1, 0.15) is 6.42 Å². The molecular weight excluding hydrogens is 348 g/mol. The summed E-state index contributed by atoms with van der Waals surface area (Å²) >= 11 is 0. The number of nitrogens with one attached hydrogen (secondary N) is 1. The molecule has 0 saturated carbocycles. The molecule has 8 nitrogen and oxygen atoms in total. The zero-order chi connectivity index (χ0) is 18.0. The minimum atomic E-state index is -3.07. The van der Waals surface area contributed by atoms with E-state index in [1.165, 1.54) is 4.90 Å². The molecule has 0 aromatic heterocycles. The number of ether oxygens (including phenoxy) is 2. The Morgan fingerprint density at radius 2 is 2.04 bits per heavy atom. The normalized spacial score (nSPS) is 20.3. The maximum absolute atomic E-state index is 12.1. The van der Waals surface area contributed by atoms with E-state index in [-0.39, 0.29) is 43.2 Å². The second kappa shape index (κ2) is 6.91. The van der Waals surface area contributed by atoms with Crippen molar-refractivity contribution in [2.45, 2.75) is 25.4 Å². The lowest BCUT2D eigenvalue weighted by Gasteiger charge is -2.23. The van der Waals surface area contributed by atoms with Crippen LogP contribution in [0, 0.1) is 0 Å². The van der Waals surface area contributed by atoms with Crippen LogP contribution in [0.15, 0.2) is 18.2 Å². The molecule has 0 aliphatic carbocycles. The largest absolute Gasteiger partial charge is 0.454 e. The molecular formula is C16H20N2O6S. The van der Waals surface area contributed by atoms with Crippen LogP contribution in [0.3, 0.4) is 0 Å². The molecule has 1 aromatic rings. The second-order valence-electron chi connectivity index (χ2n) is 6.20.